The second-order valence-corrected chi connectivity index (χ2v) is 4.62. The number of carboxylic acids is 1. The Morgan fingerprint density at radius 3 is 2.89 bits per heavy atom. The number of oxime groups is 1. The van der Waals surface area contributed by atoms with E-state index < -0.39 is 5.97 Å². The molecule has 1 aliphatic rings. The number of carboxylic acid groups (broad SMARTS) is 1. The highest BCUT2D eigenvalue weighted by Crippen LogP contribution is 2.12. The SMILES string of the molecule is O=C(O)CON=C1CCCN(Cc2ccccc2)C1. The van der Waals surface area contributed by atoms with Gasteiger partial charge in [-0.15, -0.1) is 0 Å². The zero-order valence-corrected chi connectivity index (χ0v) is 10.8. The lowest BCUT2D eigenvalue weighted by Gasteiger charge is -2.27. The van der Waals surface area contributed by atoms with Crippen LogP contribution in [0.2, 0.25) is 0 Å². The first-order valence-electron chi connectivity index (χ1n) is 6.40. The molecule has 0 spiro atoms. The number of hydrogen-bond acceptors (Lipinski definition) is 4. The molecular weight excluding hydrogens is 244 g/mol. The molecule has 0 aromatic heterocycles. The molecule has 1 aromatic carbocycles. The van der Waals surface area contributed by atoms with Crippen LogP contribution in [0.5, 0.6) is 0 Å². The average Bonchev–Trinajstić information content (AvgIpc) is 2.40. The highest BCUT2D eigenvalue weighted by molar-refractivity contribution is 5.86. The van der Waals surface area contributed by atoms with Gasteiger partial charge in [0.15, 0.2) is 0 Å². The monoisotopic (exact) mass is 262 g/mol. The first-order valence-corrected chi connectivity index (χ1v) is 6.40. The van der Waals surface area contributed by atoms with Crippen molar-refractivity contribution in [1.29, 1.82) is 0 Å². The number of rotatable bonds is 5. The molecule has 1 N–H and O–H groups in total. The molecule has 0 aliphatic carbocycles. The van der Waals surface area contributed by atoms with E-state index in [4.69, 9.17) is 9.94 Å². The largest absolute Gasteiger partial charge is 0.479 e. The van der Waals surface area contributed by atoms with Crippen molar-refractivity contribution in [1.82, 2.24) is 4.90 Å². The van der Waals surface area contributed by atoms with Gasteiger partial charge in [0.25, 0.3) is 0 Å². The third-order valence-electron chi connectivity index (χ3n) is 2.98. The van der Waals surface area contributed by atoms with E-state index in [-0.39, 0.29) is 6.61 Å². The van der Waals surface area contributed by atoms with Crippen LogP contribution in [0.4, 0.5) is 0 Å². The molecule has 1 aromatic rings. The fraction of sp³-hybridized carbons (Fsp3) is 0.429. The van der Waals surface area contributed by atoms with E-state index in [1.807, 2.05) is 18.2 Å². The van der Waals surface area contributed by atoms with Gasteiger partial charge < -0.3 is 9.94 Å². The summed E-state index contributed by atoms with van der Waals surface area (Å²) in [6.07, 6.45) is 1.91. The Hall–Kier alpha value is -1.88. The van der Waals surface area contributed by atoms with Crippen molar-refractivity contribution >= 4 is 11.7 Å². The van der Waals surface area contributed by atoms with Gasteiger partial charge in [-0.1, -0.05) is 35.5 Å². The van der Waals surface area contributed by atoms with Gasteiger partial charge in [-0.05, 0) is 24.9 Å². The molecule has 2 rings (SSSR count). The molecule has 5 heteroatoms. The lowest BCUT2D eigenvalue weighted by Crippen LogP contribution is -2.35. The maximum Gasteiger partial charge on any atom is 0.344 e. The Kier molecular flexibility index (Phi) is 4.92. The zero-order valence-electron chi connectivity index (χ0n) is 10.8. The van der Waals surface area contributed by atoms with Crippen LogP contribution < -0.4 is 0 Å². The predicted molar refractivity (Wildman–Crippen MR) is 72.0 cm³/mol. The summed E-state index contributed by atoms with van der Waals surface area (Å²) >= 11 is 0. The van der Waals surface area contributed by atoms with E-state index in [1.54, 1.807) is 0 Å². The molecule has 1 aliphatic heterocycles. The Balaban J connectivity index is 1.85. The minimum Gasteiger partial charge on any atom is -0.479 e. The summed E-state index contributed by atoms with van der Waals surface area (Å²) in [5.41, 5.74) is 2.19. The molecule has 0 atom stereocenters. The van der Waals surface area contributed by atoms with Crippen LogP contribution in [0.15, 0.2) is 35.5 Å². The molecule has 1 heterocycles. The highest BCUT2D eigenvalue weighted by Gasteiger charge is 2.16. The van der Waals surface area contributed by atoms with E-state index in [1.165, 1.54) is 5.56 Å². The first kappa shape index (κ1) is 13.5. The van der Waals surface area contributed by atoms with Gasteiger partial charge >= 0.3 is 5.97 Å². The quantitative estimate of drug-likeness (QED) is 0.821. The van der Waals surface area contributed by atoms with Gasteiger partial charge in [-0.3, -0.25) is 4.90 Å². The fourth-order valence-electron chi connectivity index (χ4n) is 2.15. The Bertz CT molecular complexity index is 445. The Labute approximate surface area is 112 Å². The summed E-state index contributed by atoms with van der Waals surface area (Å²) in [6, 6.07) is 10.3. The molecule has 1 fully saturated rings. The smallest absolute Gasteiger partial charge is 0.344 e. The van der Waals surface area contributed by atoms with Crippen LogP contribution in [-0.4, -0.2) is 41.4 Å². The van der Waals surface area contributed by atoms with Crippen LogP contribution >= 0.6 is 0 Å². The fourth-order valence-corrected chi connectivity index (χ4v) is 2.15. The van der Waals surface area contributed by atoms with Crippen molar-refractivity contribution < 1.29 is 14.7 Å². The summed E-state index contributed by atoms with van der Waals surface area (Å²) in [5, 5.41) is 12.4. The third kappa shape index (κ3) is 4.71. The van der Waals surface area contributed by atoms with Crippen LogP contribution in [0, 0.1) is 0 Å². The molecule has 1 saturated heterocycles. The van der Waals surface area contributed by atoms with Crippen molar-refractivity contribution in [2.45, 2.75) is 19.4 Å². The summed E-state index contributed by atoms with van der Waals surface area (Å²) in [7, 11) is 0. The topological polar surface area (TPSA) is 62.1 Å². The lowest BCUT2D eigenvalue weighted by molar-refractivity contribution is -0.142. The van der Waals surface area contributed by atoms with Crippen molar-refractivity contribution in [2.75, 3.05) is 19.7 Å². The number of benzene rings is 1. The second kappa shape index (κ2) is 6.89. The molecule has 0 unspecified atom stereocenters. The third-order valence-corrected chi connectivity index (χ3v) is 2.98. The van der Waals surface area contributed by atoms with Gasteiger partial charge in [0.1, 0.15) is 0 Å². The van der Waals surface area contributed by atoms with Crippen LogP contribution in [0.25, 0.3) is 0 Å². The van der Waals surface area contributed by atoms with Crippen molar-refractivity contribution in [3.05, 3.63) is 35.9 Å². The van der Waals surface area contributed by atoms with Crippen LogP contribution in [0.1, 0.15) is 18.4 Å². The molecule has 19 heavy (non-hydrogen) atoms. The second-order valence-electron chi connectivity index (χ2n) is 4.62. The van der Waals surface area contributed by atoms with Crippen molar-refractivity contribution in [3.63, 3.8) is 0 Å². The van der Waals surface area contributed by atoms with E-state index in [9.17, 15) is 4.79 Å². The maximum atomic E-state index is 10.3. The number of hydrogen-bond donors (Lipinski definition) is 1. The summed E-state index contributed by atoms with van der Waals surface area (Å²) in [4.78, 5) is 17.4. The van der Waals surface area contributed by atoms with Crippen LogP contribution in [0.3, 0.4) is 0 Å². The van der Waals surface area contributed by atoms with Crippen molar-refractivity contribution in [3.8, 4) is 0 Å². The van der Waals surface area contributed by atoms with Gasteiger partial charge in [0.2, 0.25) is 6.61 Å². The van der Waals surface area contributed by atoms with E-state index in [0.717, 1.165) is 38.2 Å². The normalized spacial score (nSPS) is 18.4. The first-order chi connectivity index (χ1) is 9.24. The number of carbonyl (C=O) groups is 1. The van der Waals surface area contributed by atoms with Crippen molar-refractivity contribution in [2.24, 2.45) is 5.16 Å². The average molecular weight is 262 g/mol. The molecule has 102 valence electrons. The highest BCUT2D eigenvalue weighted by atomic mass is 16.6. The van der Waals surface area contributed by atoms with Crippen LogP contribution in [-0.2, 0) is 16.2 Å². The molecule has 0 amide bonds. The lowest BCUT2D eigenvalue weighted by atomic mass is 10.1. The van der Waals surface area contributed by atoms with Gasteiger partial charge in [0.05, 0.1) is 5.71 Å². The summed E-state index contributed by atoms with van der Waals surface area (Å²) in [6.45, 7) is 2.29. The van der Waals surface area contributed by atoms with Gasteiger partial charge in [-0.2, -0.15) is 0 Å². The van der Waals surface area contributed by atoms with E-state index >= 15 is 0 Å². The van der Waals surface area contributed by atoms with Gasteiger partial charge in [0, 0.05) is 13.1 Å². The molecule has 0 saturated carbocycles. The number of piperidine rings is 1. The molecule has 0 radical (unpaired) electrons. The molecule has 5 nitrogen and oxygen atoms in total. The van der Waals surface area contributed by atoms with Gasteiger partial charge in [-0.25, -0.2) is 4.79 Å². The Morgan fingerprint density at radius 1 is 1.37 bits per heavy atom. The van der Waals surface area contributed by atoms with E-state index in [2.05, 4.69) is 22.2 Å². The summed E-state index contributed by atoms with van der Waals surface area (Å²) in [5.74, 6) is -0.999. The number of aliphatic carboxylic acids is 1. The van der Waals surface area contributed by atoms with E-state index in [0.29, 0.717) is 0 Å². The Morgan fingerprint density at radius 2 is 2.16 bits per heavy atom. The zero-order chi connectivity index (χ0) is 13.5. The minimum atomic E-state index is -0.999. The standard InChI is InChI=1S/C14H18N2O3/c17-14(18)11-19-15-13-7-4-8-16(10-13)9-12-5-2-1-3-6-12/h1-3,5-6H,4,7-11H2,(H,17,18). The summed E-state index contributed by atoms with van der Waals surface area (Å²) < 4.78 is 0. The minimum absolute atomic E-state index is 0.373. The molecular formula is C14H18N2O3. The number of likely N-dealkylation sites (tertiary alicyclic amines) is 1. The molecule has 0 bridgehead atoms. The predicted octanol–water partition coefficient (Wildman–Crippen LogP) is 1.74. The maximum absolute atomic E-state index is 10.3. The number of nitrogens with zero attached hydrogens (tertiary/aromatic N) is 2.